The number of H-pyrrole nitrogens is 1. The normalized spacial score (nSPS) is 14.1. The van der Waals surface area contributed by atoms with Crippen molar-refractivity contribution in [2.24, 2.45) is 0 Å². The molecule has 0 radical (unpaired) electrons. The van der Waals surface area contributed by atoms with Crippen LogP contribution in [0.1, 0.15) is 30.1 Å². The highest BCUT2D eigenvalue weighted by molar-refractivity contribution is 7.99. The third kappa shape index (κ3) is 4.50. The van der Waals surface area contributed by atoms with Crippen molar-refractivity contribution in [3.63, 3.8) is 0 Å². The first-order valence-electron chi connectivity index (χ1n) is 10.2. The summed E-state index contributed by atoms with van der Waals surface area (Å²) in [4.78, 5) is 22.9. The van der Waals surface area contributed by atoms with Crippen LogP contribution in [0.2, 0.25) is 0 Å². The van der Waals surface area contributed by atoms with Gasteiger partial charge in [0, 0.05) is 31.6 Å². The molecule has 0 atom stereocenters. The zero-order valence-corrected chi connectivity index (χ0v) is 18.4. The third-order valence-electron chi connectivity index (χ3n) is 5.19. The average Bonchev–Trinajstić information content (AvgIpc) is 3.54. The van der Waals surface area contributed by atoms with Crippen LogP contribution in [0.25, 0.3) is 22.4 Å². The maximum Gasteiger partial charge on any atom is 0.416 e. The molecule has 0 amide bonds. The summed E-state index contributed by atoms with van der Waals surface area (Å²) in [7, 11) is 3.67. The van der Waals surface area contributed by atoms with Crippen molar-refractivity contribution in [1.29, 1.82) is 0 Å². The zero-order chi connectivity index (χ0) is 23.3. The number of aromatic nitrogens is 5. The van der Waals surface area contributed by atoms with E-state index < -0.39 is 17.6 Å². The summed E-state index contributed by atoms with van der Waals surface area (Å²) in [5.41, 5.74) is 0.649. The number of hydrogen-bond acceptors (Lipinski definition) is 6. The number of alkyl halides is 3. The van der Waals surface area contributed by atoms with Gasteiger partial charge in [0.1, 0.15) is 17.5 Å². The number of nitrogens with one attached hydrogen (secondary N) is 1. The molecule has 4 aromatic rings. The first-order valence-corrected chi connectivity index (χ1v) is 11.0. The molecule has 0 bridgehead atoms. The number of anilines is 1. The Morgan fingerprint density at radius 3 is 2.36 bits per heavy atom. The number of imidazole rings is 1. The molecule has 2 heterocycles. The van der Waals surface area contributed by atoms with Gasteiger partial charge < -0.3 is 9.88 Å². The topological polar surface area (TPSA) is 70.6 Å². The third-order valence-corrected chi connectivity index (χ3v) is 6.08. The van der Waals surface area contributed by atoms with Crippen LogP contribution in [0.15, 0.2) is 46.5 Å². The monoisotopic (exact) mass is 474 g/mol. The van der Waals surface area contributed by atoms with Gasteiger partial charge in [0.2, 0.25) is 5.95 Å². The Kier molecular flexibility index (Phi) is 5.23. The van der Waals surface area contributed by atoms with Crippen LogP contribution in [0, 0.1) is 5.82 Å². The highest BCUT2D eigenvalue weighted by Gasteiger charge is 2.30. The number of halogens is 4. The molecule has 2 aromatic heterocycles. The first kappa shape index (κ1) is 21.6. The number of benzene rings is 2. The van der Waals surface area contributed by atoms with E-state index in [0.29, 0.717) is 50.2 Å². The van der Waals surface area contributed by atoms with Crippen molar-refractivity contribution in [2.75, 3.05) is 19.0 Å². The van der Waals surface area contributed by atoms with E-state index in [2.05, 4.69) is 24.9 Å². The van der Waals surface area contributed by atoms with Crippen molar-refractivity contribution in [2.45, 2.75) is 35.0 Å². The lowest BCUT2D eigenvalue weighted by atomic mass is 10.1. The molecule has 6 nitrogen and oxygen atoms in total. The lowest BCUT2D eigenvalue weighted by Crippen LogP contribution is -2.15. The standard InChI is InChI=1S/C22H18F4N6S/c1-32(2)20-29-19(11-3-4-11)30-21(31-20)33-17-10-16-15(9-14(17)23)27-18(28-16)12-5-7-13(8-6-12)22(24,25)26/h5-11H,3-4H2,1-2H3,(H,27,28). The van der Waals surface area contributed by atoms with Crippen molar-refractivity contribution in [3.05, 3.63) is 53.6 Å². The van der Waals surface area contributed by atoms with Crippen LogP contribution < -0.4 is 4.90 Å². The highest BCUT2D eigenvalue weighted by atomic mass is 32.2. The molecule has 170 valence electrons. The van der Waals surface area contributed by atoms with E-state index in [1.807, 2.05) is 14.1 Å². The van der Waals surface area contributed by atoms with Gasteiger partial charge in [-0.15, -0.1) is 0 Å². The van der Waals surface area contributed by atoms with Gasteiger partial charge in [0.15, 0.2) is 5.16 Å². The molecular formula is C22H18F4N6S. The molecule has 5 rings (SSSR count). The number of aromatic amines is 1. The average molecular weight is 474 g/mol. The number of rotatable bonds is 5. The van der Waals surface area contributed by atoms with Crippen LogP contribution in [0.4, 0.5) is 23.5 Å². The Bertz CT molecular complexity index is 1310. The van der Waals surface area contributed by atoms with Crippen LogP contribution in [-0.2, 0) is 6.18 Å². The largest absolute Gasteiger partial charge is 0.416 e. The molecule has 1 aliphatic rings. The quantitative estimate of drug-likeness (QED) is 0.376. The Morgan fingerprint density at radius 2 is 1.73 bits per heavy atom. The fourth-order valence-corrected chi connectivity index (χ4v) is 4.07. The van der Waals surface area contributed by atoms with Crippen LogP contribution in [0.3, 0.4) is 0 Å². The summed E-state index contributed by atoms with van der Waals surface area (Å²) in [6.07, 6.45) is -2.35. The lowest BCUT2D eigenvalue weighted by molar-refractivity contribution is -0.137. The fourth-order valence-electron chi connectivity index (χ4n) is 3.27. The van der Waals surface area contributed by atoms with Crippen molar-refractivity contribution < 1.29 is 17.6 Å². The molecule has 33 heavy (non-hydrogen) atoms. The van der Waals surface area contributed by atoms with E-state index in [-0.39, 0.29) is 0 Å². The minimum atomic E-state index is -4.41. The molecular weight excluding hydrogens is 456 g/mol. The van der Waals surface area contributed by atoms with Gasteiger partial charge in [-0.05, 0) is 42.8 Å². The zero-order valence-electron chi connectivity index (χ0n) is 17.6. The Balaban J connectivity index is 1.46. The maximum absolute atomic E-state index is 14.9. The second kappa shape index (κ2) is 7.98. The van der Waals surface area contributed by atoms with Gasteiger partial charge >= 0.3 is 6.18 Å². The van der Waals surface area contributed by atoms with Gasteiger partial charge in [0.05, 0.1) is 21.5 Å². The second-order valence-corrected chi connectivity index (χ2v) is 9.02. The van der Waals surface area contributed by atoms with Crippen LogP contribution in [0.5, 0.6) is 0 Å². The van der Waals surface area contributed by atoms with E-state index in [1.54, 1.807) is 11.0 Å². The molecule has 2 aromatic carbocycles. The minimum absolute atomic E-state index is 0.308. The maximum atomic E-state index is 14.9. The van der Waals surface area contributed by atoms with Crippen molar-refractivity contribution in [3.8, 4) is 11.4 Å². The smallest absolute Gasteiger partial charge is 0.347 e. The van der Waals surface area contributed by atoms with Gasteiger partial charge in [-0.25, -0.2) is 14.4 Å². The summed E-state index contributed by atoms with van der Waals surface area (Å²) < 4.78 is 53.3. The number of nitrogens with zero attached hydrogens (tertiary/aromatic N) is 5. The van der Waals surface area contributed by atoms with Gasteiger partial charge in [-0.1, -0.05) is 12.1 Å². The SMILES string of the molecule is CN(C)c1nc(Sc2cc3[nH]c(-c4ccc(C(F)(F)F)cc4)nc3cc2F)nc(C2CC2)n1. The molecule has 1 N–H and O–H groups in total. The molecule has 0 aliphatic heterocycles. The van der Waals surface area contributed by atoms with Crippen molar-refractivity contribution in [1.82, 2.24) is 24.9 Å². The minimum Gasteiger partial charge on any atom is -0.347 e. The number of hydrogen-bond donors (Lipinski definition) is 1. The molecule has 0 unspecified atom stereocenters. The van der Waals surface area contributed by atoms with Crippen LogP contribution in [-0.4, -0.2) is 39.0 Å². The number of fused-ring (bicyclic) bond motifs is 1. The molecule has 1 aliphatic carbocycles. The molecule has 11 heteroatoms. The Morgan fingerprint density at radius 1 is 1.00 bits per heavy atom. The predicted molar refractivity (Wildman–Crippen MR) is 117 cm³/mol. The van der Waals surface area contributed by atoms with Crippen LogP contribution >= 0.6 is 11.8 Å². The molecule has 0 saturated heterocycles. The summed E-state index contributed by atoms with van der Waals surface area (Å²) >= 11 is 1.09. The summed E-state index contributed by atoms with van der Waals surface area (Å²) in [6.45, 7) is 0. The van der Waals surface area contributed by atoms with E-state index in [4.69, 9.17) is 0 Å². The molecule has 1 fully saturated rings. The fraction of sp³-hybridized carbons (Fsp3) is 0.273. The lowest BCUT2D eigenvalue weighted by Gasteiger charge is -2.12. The van der Waals surface area contributed by atoms with E-state index in [0.717, 1.165) is 36.7 Å². The van der Waals surface area contributed by atoms with Gasteiger partial charge in [-0.2, -0.15) is 23.1 Å². The van der Waals surface area contributed by atoms with Crippen molar-refractivity contribution >= 4 is 28.7 Å². The van der Waals surface area contributed by atoms with E-state index in [9.17, 15) is 17.6 Å². The van der Waals surface area contributed by atoms with Gasteiger partial charge in [-0.3, -0.25) is 0 Å². The molecule has 1 saturated carbocycles. The van der Waals surface area contributed by atoms with E-state index >= 15 is 0 Å². The highest BCUT2D eigenvalue weighted by Crippen LogP contribution is 2.40. The van der Waals surface area contributed by atoms with E-state index in [1.165, 1.54) is 18.2 Å². The Labute approximate surface area is 190 Å². The Hall–Kier alpha value is -3.21. The summed E-state index contributed by atoms with van der Waals surface area (Å²) in [5, 5.41) is 0.399. The summed E-state index contributed by atoms with van der Waals surface area (Å²) in [5.74, 6) is 1.41. The second-order valence-electron chi connectivity index (χ2n) is 8.01. The summed E-state index contributed by atoms with van der Waals surface area (Å²) in [6, 6.07) is 7.54. The first-order chi connectivity index (χ1) is 15.7. The predicted octanol–water partition coefficient (Wildman–Crippen LogP) is 5.67. The van der Waals surface area contributed by atoms with Gasteiger partial charge in [0.25, 0.3) is 0 Å². The molecule has 0 spiro atoms.